The maximum absolute atomic E-state index is 13.9. The highest BCUT2D eigenvalue weighted by Gasteiger charge is 2.47. The Hall–Kier alpha value is -2.44. The molecule has 7 nitrogen and oxygen atoms in total. The first-order valence-electron chi connectivity index (χ1n) is 13.3. The molecule has 1 atom stereocenters. The van der Waals surface area contributed by atoms with Gasteiger partial charge in [-0.3, -0.25) is 4.79 Å². The molecule has 0 N–H and O–H groups in total. The number of urea groups is 1. The van der Waals surface area contributed by atoms with Crippen LogP contribution in [0.1, 0.15) is 75.5 Å². The maximum atomic E-state index is 13.9. The van der Waals surface area contributed by atoms with Gasteiger partial charge in [0.1, 0.15) is 13.2 Å². The number of amides is 3. The van der Waals surface area contributed by atoms with Crippen LogP contribution in [0.5, 0.6) is 11.5 Å². The lowest BCUT2D eigenvalue weighted by Gasteiger charge is -2.48. The smallest absolute Gasteiger partial charge is 0.319 e. The third kappa shape index (κ3) is 3.62. The van der Waals surface area contributed by atoms with Gasteiger partial charge < -0.3 is 24.2 Å². The molecule has 1 aromatic rings. The number of ether oxygens (including phenoxy) is 2. The van der Waals surface area contributed by atoms with Gasteiger partial charge in [0.05, 0.1) is 6.04 Å². The molecular formula is C27H37N3O4. The summed E-state index contributed by atoms with van der Waals surface area (Å²) in [6, 6.07) is 4.55. The third-order valence-electron chi connectivity index (χ3n) is 9.01. The molecule has 1 spiro atoms. The van der Waals surface area contributed by atoms with Gasteiger partial charge in [0, 0.05) is 44.1 Å². The number of carbonyl (C=O) groups is 2. The Labute approximate surface area is 202 Å². The third-order valence-corrected chi connectivity index (χ3v) is 9.01. The molecule has 5 aliphatic rings. The van der Waals surface area contributed by atoms with Crippen molar-refractivity contribution in [2.45, 2.75) is 69.7 Å². The molecular weight excluding hydrogens is 430 g/mol. The van der Waals surface area contributed by atoms with E-state index in [9.17, 15) is 9.59 Å². The Balaban J connectivity index is 1.21. The van der Waals surface area contributed by atoms with Crippen molar-refractivity contribution < 1.29 is 19.1 Å². The summed E-state index contributed by atoms with van der Waals surface area (Å²) in [5, 5.41) is 0. The monoisotopic (exact) mass is 467 g/mol. The van der Waals surface area contributed by atoms with Crippen LogP contribution in [0.2, 0.25) is 0 Å². The van der Waals surface area contributed by atoms with E-state index in [2.05, 4.69) is 24.0 Å². The minimum Gasteiger partial charge on any atom is -0.486 e. The summed E-state index contributed by atoms with van der Waals surface area (Å²) in [7, 11) is 0. The topological polar surface area (TPSA) is 62.3 Å². The molecule has 4 aliphatic heterocycles. The minimum absolute atomic E-state index is 0.00212. The summed E-state index contributed by atoms with van der Waals surface area (Å²) in [6.07, 6.45) is 8.42. The molecule has 3 amide bonds. The summed E-state index contributed by atoms with van der Waals surface area (Å²) < 4.78 is 11.8. The normalized spacial score (nSPS) is 26.1. The van der Waals surface area contributed by atoms with E-state index in [1.54, 1.807) is 0 Å². The summed E-state index contributed by atoms with van der Waals surface area (Å²) in [5.74, 6) is 1.95. The van der Waals surface area contributed by atoms with E-state index in [4.69, 9.17) is 9.47 Å². The van der Waals surface area contributed by atoms with Crippen LogP contribution in [-0.2, 0) is 10.2 Å². The van der Waals surface area contributed by atoms with Crippen molar-refractivity contribution in [1.82, 2.24) is 14.7 Å². The molecule has 0 radical (unpaired) electrons. The van der Waals surface area contributed by atoms with Gasteiger partial charge in [0.2, 0.25) is 5.91 Å². The lowest BCUT2D eigenvalue weighted by Crippen LogP contribution is -2.52. The van der Waals surface area contributed by atoms with Crippen molar-refractivity contribution in [3.63, 3.8) is 0 Å². The average Bonchev–Trinajstić information content (AvgIpc) is 3.58. The second-order valence-electron chi connectivity index (χ2n) is 11.0. The molecule has 4 heterocycles. The predicted octanol–water partition coefficient (Wildman–Crippen LogP) is 4.10. The second kappa shape index (κ2) is 8.65. The highest BCUT2D eigenvalue weighted by molar-refractivity contribution is 5.81. The molecule has 184 valence electrons. The number of carbonyl (C=O) groups excluding carboxylic acids is 2. The van der Waals surface area contributed by atoms with Crippen LogP contribution in [0, 0.1) is 5.92 Å². The number of fused-ring (bicyclic) bond motifs is 3. The van der Waals surface area contributed by atoms with Crippen molar-refractivity contribution >= 4 is 11.9 Å². The number of hydrogen-bond donors (Lipinski definition) is 0. The highest BCUT2D eigenvalue weighted by atomic mass is 16.6. The van der Waals surface area contributed by atoms with E-state index in [0.29, 0.717) is 26.3 Å². The van der Waals surface area contributed by atoms with E-state index in [0.717, 1.165) is 69.7 Å². The number of benzene rings is 1. The first kappa shape index (κ1) is 22.1. The van der Waals surface area contributed by atoms with Crippen LogP contribution < -0.4 is 9.47 Å². The van der Waals surface area contributed by atoms with Crippen LogP contribution in [0.3, 0.4) is 0 Å². The quantitative estimate of drug-likeness (QED) is 0.624. The van der Waals surface area contributed by atoms with E-state index >= 15 is 0 Å². The summed E-state index contributed by atoms with van der Waals surface area (Å²) in [4.78, 5) is 32.8. The van der Waals surface area contributed by atoms with Gasteiger partial charge in [-0.1, -0.05) is 12.8 Å². The fourth-order valence-corrected chi connectivity index (χ4v) is 7.03. The fraction of sp³-hybridized carbons (Fsp3) is 0.704. The number of rotatable bonds is 1. The summed E-state index contributed by atoms with van der Waals surface area (Å²) in [5.41, 5.74) is 2.63. The van der Waals surface area contributed by atoms with E-state index in [1.807, 2.05) is 9.80 Å². The van der Waals surface area contributed by atoms with Crippen LogP contribution in [-0.4, -0.2) is 72.6 Å². The molecule has 3 fully saturated rings. The molecule has 0 aromatic heterocycles. The average molecular weight is 468 g/mol. The van der Waals surface area contributed by atoms with Gasteiger partial charge in [-0.15, -0.1) is 0 Å². The zero-order valence-corrected chi connectivity index (χ0v) is 20.4. The molecule has 1 aromatic carbocycles. The Bertz CT molecular complexity index is 959. The van der Waals surface area contributed by atoms with Crippen molar-refractivity contribution in [2.24, 2.45) is 5.92 Å². The molecule has 34 heavy (non-hydrogen) atoms. The number of hydrogen-bond acceptors (Lipinski definition) is 4. The lowest BCUT2D eigenvalue weighted by molar-refractivity contribution is -0.141. The number of nitrogens with zero attached hydrogens (tertiary/aromatic N) is 3. The van der Waals surface area contributed by atoms with Crippen molar-refractivity contribution in [2.75, 3.05) is 45.9 Å². The van der Waals surface area contributed by atoms with Gasteiger partial charge in [-0.25, -0.2) is 4.79 Å². The number of piperidine rings is 1. The van der Waals surface area contributed by atoms with Crippen LogP contribution in [0.4, 0.5) is 4.79 Å². The molecule has 0 bridgehead atoms. The van der Waals surface area contributed by atoms with Gasteiger partial charge in [0.25, 0.3) is 0 Å². The van der Waals surface area contributed by atoms with Gasteiger partial charge >= 0.3 is 6.03 Å². The fourth-order valence-electron chi connectivity index (χ4n) is 7.03. The van der Waals surface area contributed by atoms with Crippen molar-refractivity contribution in [3.8, 4) is 11.5 Å². The molecule has 7 heteroatoms. The van der Waals surface area contributed by atoms with E-state index < -0.39 is 0 Å². The molecule has 1 unspecified atom stereocenters. The molecule has 1 aliphatic carbocycles. The zero-order chi connectivity index (χ0) is 23.3. The highest BCUT2D eigenvalue weighted by Crippen LogP contribution is 2.52. The van der Waals surface area contributed by atoms with Crippen molar-refractivity contribution in [1.29, 1.82) is 0 Å². The van der Waals surface area contributed by atoms with Gasteiger partial charge in [-0.05, 0) is 68.7 Å². The zero-order valence-electron chi connectivity index (χ0n) is 20.4. The number of likely N-dealkylation sites (tertiary alicyclic amines) is 2. The van der Waals surface area contributed by atoms with E-state index in [1.165, 1.54) is 24.0 Å². The summed E-state index contributed by atoms with van der Waals surface area (Å²) in [6.45, 7) is 7.27. The lowest BCUT2D eigenvalue weighted by atomic mass is 9.71. The maximum Gasteiger partial charge on any atom is 0.319 e. The van der Waals surface area contributed by atoms with E-state index in [-0.39, 0.29) is 29.3 Å². The Morgan fingerprint density at radius 2 is 1.50 bits per heavy atom. The summed E-state index contributed by atoms with van der Waals surface area (Å²) >= 11 is 0. The molecule has 2 saturated heterocycles. The van der Waals surface area contributed by atoms with Crippen LogP contribution in [0.15, 0.2) is 12.1 Å². The van der Waals surface area contributed by atoms with Crippen LogP contribution >= 0.6 is 0 Å². The first-order chi connectivity index (χ1) is 16.6. The van der Waals surface area contributed by atoms with Gasteiger partial charge in [-0.2, -0.15) is 0 Å². The SMILES string of the molecule is CC1c2cc3c(cc2C2(CCCC2)CN1C(=O)C1CCN(C(=O)N2CCCC2)CC1)OCCO3. The minimum atomic E-state index is 0.00212. The Kier molecular flexibility index (Phi) is 5.61. The predicted molar refractivity (Wildman–Crippen MR) is 128 cm³/mol. The second-order valence-corrected chi connectivity index (χ2v) is 11.0. The van der Waals surface area contributed by atoms with Gasteiger partial charge in [0.15, 0.2) is 11.5 Å². The Morgan fingerprint density at radius 3 is 2.18 bits per heavy atom. The Morgan fingerprint density at radius 1 is 0.882 bits per heavy atom. The largest absolute Gasteiger partial charge is 0.486 e. The van der Waals surface area contributed by atoms with Crippen molar-refractivity contribution in [3.05, 3.63) is 23.3 Å². The standard InChI is InChI=1S/C27H37N3O4/c1-19-21-16-23-24(34-15-14-33-23)17-22(21)27(8-2-3-9-27)18-30(19)25(31)20-6-12-29(13-7-20)26(32)28-10-4-5-11-28/h16-17,19-20H,2-15,18H2,1H3. The first-order valence-corrected chi connectivity index (χ1v) is 13.3. The van der Waals surface area contributed by atoms with Crippen LogP contribution in [0.25, 0.3) is 0 Å². The molecule has 1 saturated carbocycles. The molecule has 6 rings (SSSR count).